The summed E-state index contributed by atoms with van der Waals surface area (Å²) >= 11 is 4.85. The van der Waals surface area contributed by atoms with Gasteiger partial charge in [0.05, 0.1) is 21.7 Å². The Morgan fingerprint density at radius 2 is 1.79 bits per heavy atom. The van der Waals surface area contributed by atoms with Crippen molar-refractivity contribution in [3.63, 3.8) is 0 Å². The van der Waals surface area contributed by atoms with E-state index in [1.807, 2.05) is 54.0 Å². The zero-order chi connectivity index (χ0) is 20.3. The second-order valence-corrected chi connectivity index (χ2v) is 9.52. The highest BCUT2D eigenvalue weighted by atomic mass is 79.9. The topological polar surface area (TPSA) is 76.3 Å². The molecule has 2 aromatic heterocycles. The van der Waals surface area contributed by atoms with Crippen molar-refractivity contribution in [2.24, 2.45) is 5.10 Å². The average Bonchev–Trinajstić information content (AvgIpc) is 3.39. The van der Waals surface area contributed by atoms with Gasteiger partial charge in [-0.2, -0.15) is 18.6 Å². The molecule has 4 rings (SSSR count). The first-order valence-corrected chi connectivity index (χ1v) is 11.7. The Bertz CT molecular complexity index is 1230. The number of hydrogen-bond acceptors (Lipinski definition) is 5. The fourth-order valence-electron chi connectivity index (χ4n) is 2.63. The molecule has 0 aliphatic rings. The first-order chi connectivity index (χ1) is 14.0. The predicted octanol–water partition coefficient (Wildman–Crippen LogP) is 4.68. The molecule has 146 valence electrons. The van der Waals surface area contributed by atoms with Crippen LogP contribution in [0.25, 0.3) is 16.3 Å². The molecule has 0 bridgehead atoms. The summed E-state index contributed by atoms with van der Waals surface area (Å²) in [7, 11) is -3.75. The Labute approximate surface area is 180 Å². The lowest BCUT2D eigenvalue weighted by Crippen LogP contribution is -2.18. The smallest absolute Gasteiger partial charge is 0.240 e. The van der Waals surface area contributed by atoms with Gasteiger partial charge in [0.1, 0.15) is 5.69 Å². The Hall–Kier alpha value is -2.75. The van der Waals surface area contributed by atoms with Crippen LogP contribution in [0.15, 0.2) is 92.8 Å². The van der Waals surface area contributed by atoms with Gasteiger partial charge in [0.2, 0.25) is 0 Å². The molecule has 9 heteroatoms. The Balaban J connectivity index is 1.64. The summed E-state index contributed by atoms with van der Waals surface area (Å²) in [5, 5.41) is 10.6. The molecule has 2 heterocycles. The maximum atomic E-state index is 12.4. The summed E-state index contributed by atoms with van der Waals surface area (Å²) in [5.74, 6) is 0. The lowest BCUT2D eigenvalue weighted by atomic mass is 10.2. The van der Waals surface area contributed by atoms with E-state index >= 15 is 0 Å². The van der Waals surface area contributed by atoms with Gasteiger partial charge in [-0.15, -0.1) is 11.3 Å². The van der Waals surface area contributed by atoms with Crippen molar-refractivity contribution in [3.8, 4) is 16.3 Å². The number of halogens is 1. The van der Waals surface area contributed by atoms with E-state index in [4.69, 9.17) is 0 Å². The van der Waals surface area contributed by atoms with Crippen LogP contribution in [0.5, 0.6) is 0 Å². The first-order valence-electron chi connectivity index (χ1n) is 8.52. The van der Waals surface area contributed by atoms with Crippen molar-refractivity contribution in [1.29, 1.82) is 0 Å². The molecule has 0 aliphatic carbocycles. The van der Waals surface area contributed by atoms with E-state index in [-0.39, 0.29) is 4.90 Å². The molecule has 0 saturated heterocycles. The highest BCUT2D eigenvalue weighted by molar-refractivity contribution is 9.10. The molecule has 0 unspecified atom stereocenters. The van der Waals surface area contributed by atoms with Crippen LogP contribution in [-0.4, -0.2) is 24.4 Å². The Kier molecular flexibility index (Phi) is 5.61. The summed E-state index contributed by atoms with van der Waals surface area (Å²) in [4.78, 5) is 3.36. The highest BCUT2D eigenvalue weighted by Gasteiger charge is 2.14. The molecule has 0 fully saturated rings. The number of rotatable bonds is 6. The molecule has 0 spiro atoms. The van der Waals surface area contributed by atoms with Crippen molar-refractivity contribution >= 4 is 43.5 Å². The zero-order valence-electron chi connectivity index (χ0n) is 14.9. The maximum absolute atomic E-state index is 12.4. The average molecular weight is 487 g/mol. The maximum Gasteiger partial charge on any atom is 0.276 e. The normalized spacial score (nSPS) is 11.8. The Morgan fingerprint density at radius 3 is 2.48 bits per heavy atom. The molecular weight excluding hydrogens is 472 g/mol. The van der Waals surface area contributed by atoms with Crippen LogP contribution < -0.4 is 4.83 Å². The van der Waals surface area contributed by atoms with Crippen molar-refractivity contribution in [3.05, 3.63) is 88.3 Å². The first kappa shape index (κ1) is 19.6. The number of hydrogen-bond donors (Lipinski definition) is 1. The molecule has 0 amide bonds. The van der Waals surface area contributed by atoms with Gasteiger partial charge in [-0.3, -0.25) is 0 Å². The van der Waals surface area contributed by atoms with Gasteiger partial charge in [-0.1, -0.05) is 40.2 Å². The predicted molar refractivity (Wildman–Crippen MR) is 119 cm³/mol. The summed E-state index contributed by atoms with van der Waals surface area (Å²) < 4.78 is 27.4. The fourth-order valence-corrected chi connectivity index (χ4v) is 4.42. The third kappa shape index (κ3) is 4.47. The van der Waals surface area contributed by atoms with E-state index in [1.165, 1.54) is 18.3 Å². The van der Waals surface area contributed by atoms with Crippen LogP contribution >= 0.6 is 27.3 Å². The van der Waals surface area contributed by atoms with E-state index in [2.05, 4.69) is 31.0 Å². The molecule has 0 atom stereocenters. The second-order valence-electron chi connectivity index (χ2n) is 6.00. The Morgan fingerprint density at radius 1 is 1.03 bits per heavy atom. The molecule has 0 aliphatic heterocycles. The van der Waals surface area contributed by atoms with Gasteiger partial charge >= 0.3 is 0 Å². The molecule has 6 nitrogen and oxygen atoms in total. The van der Waals surface area contributed by atoms with Crippen LogP contribution in [0.3, 0.4) is 0 Å². The van der Waals surface area contributed by atoms with Crippen LogP contribution in [0.1, 0.15) is 5.56 Å². The number of nitrogens with one attached hydrogen (secondary N) is 1. The van der Waals surface area contributed by atoms with E-state index < -0.39 is 10.0 Å². The van der Waals surface area contributed by atoms with Gasteiger partial charge in [0, 0.05) is 16.2 Å². The number of aromatic nitrogens is 2. The van der Waals surface area contributed by atoms with Crippen LogP contribution in [-0.2, 0) is 10.0 Å². The number of nitrogens with zero attached hydrogens (tertiary/aromatic N) is 3. The second kappa shape index (κ2) is 8.32. The van der Waals surface area contributed by atoms with E-state index in [9.17, 15) is 8.42 Å². The summed E-state index contributed by atoms with van der Waals surface area (Å²) in [6, 6.07) is 19.9. The van der Waals surface area contributed by atoms with Crippen LogP contribution in [0.4, 0.5) is 0 Å². The van der Waals surface area contributed by atoms with Gasteiger partial charge in [-0.25, -0.2) is 9.51 Å². The molecular formula is C20H15BrN4O2S2. The van der Waals surface area contributed by atoms with Gasteiger partial charge < -0.3 is 0 Å². The van der Waals surface area contributed by atoms with Gasteiger partial charge in [0.25, 0.3) is 10.0 Å². The quantitative estimate of drug-likeness (QED) is 0.317. The van der Waals surface area contributed by atoms with E-state index in [0.29, 0.717) is 5.56 Å². The number of thiophene rings is 1. The SMILES string of the molecule is O=S(=O)(NN=Cc1cn(-c2ccccc2)nc1-c1cccs1)c1ccc(Br)cc1. The van der Waals surface area contributed by atoms with Gasteiger partial charge in [-0.05, 0) is 47.8 Å². The highest BCUT2D eigenvalue weighted by Crippen LogP contribution is 2.27. The third-order valence-electron chi connectivity index (χ3n) is 4.02. The fraction of sp³-hybridized carbons (Fsp3) is 0. The number of sulfonamides is 1. The van der Waals surface area contributed by atoms with Crippen molar-refractivity contribution < 1.29 is 8.42 Å². The van der Waals surface area contributed by atoms with E-state index in [1.54, 1.807) is 28.2 Å². The zero-order valence-corrected chi connectivity index (χ0v) is 18.2. The minimum atomic E-state index is -3.75. The molecule has 29 heavy (non-hydrogen) atoms. The molecule has 2 aromatic carbocycles. The number of para-hydroxylation sites is 1. The molecule has 4 aromatic rings. The molecule has 0 saturated carbocycles. The summed E-state index contributed by atoms with van der Waals surface area (Å²) in [6.07, 6.45) is 3.29. The van der Waals surface area contributed by atoms with Crippen LogP contribution in [0, 0.1) is 0 Å². The van der Waals surface area contributed by atoms with Crippen molar-refractivity contribution in [2.45, 2.75) is 4.90 Å². The van der Waals surface area contributed by atoms with E-state index in [0.717, 1.165) is 20.7 Å². The third-order valence-corrected chi connectivity index (χ3v) is 6.66. The van der Waals surface area contributed by atoms with Crippen LogP contribution in [0.2, 0.25) is 0 Å². The van der Waals surface area contributed by atoms with Gasteiger partial charge in [0.15, 0.2) is 0 Å². The number of hydrazone groups is 1. The molecule has 1 N–H and O–H groups in total. The van der Waals surface area contributed by atoms with Crippen molar-refractivity contribution in [1.82, 2.24) is 14.6 Å². The standard InChI is InChI=1S/C20H15BrN4O2S2/c21-16-8-10-18(11-9-16)29(26,27)24-22-13-15-14-25(17-5-2-1-3-6-17)23-20(15)19-7-4-12-28-19/h1-14,24H. The summed E-state index contributed by atoms with van der Waals surface area (Å²) in [5.41, 5.74) is 2.34. The monoisotopic (exact) mass is 486 g/mol. The largest absolute Gasteiger partial charge is 0.276 e. The molecule has 0 radical (unpaired) electrons. The summed E-state index contributed by atoms with van der Waals surface area (Å²) in [6.45, 7) is 0. The number of benzene rings is 2. The minimum Gasteiger partial charge on any atom is -0.240 e. The lowest BCUT2D eigenvalue weighted by Gasteiger charge is -2.03. The van der Waals surface area contributed by atoms with Crippen molar-refractivity contribution in [2.75, 3.05) is 0 Å². The lowest BCUT2D eigenvalue weighted by molar-refractivity contribution is 0.584. The minimum absolute atomic E-state index is 0.135.